The van der Waals surface area contributed by atoms with Crippen LogP contribution in [-0.2, 0) is 19.6 Å². The van der Waals surface area contributed by atoms with E-state index in [0.717, 1.165) is 9.87 Å². The summed E-state index contributed by atoms with van der Waals surface area (Å²) in [4.78, 5) is 23.9. The van der Waals surface area contributed by atoms with Crippen LogP contribution < -0.4 is 14.9 Å². The molecular formula is C23H22ClN3O4S. The molecule has 0 saturated heterocycles. The smallest absolute Gasteiger partial charge is 0.264 e. The Hall–Kier alpha value is -3.36. The average molecular weight is 472 g/mol. The summed E-state index contributed by atoms with van der Waals surface area (Å²) in [6, 6.07) is 19.2. The van der Waals surface area contributed by atoms with Gasteiger partial charge in [0.1, 0.15) is 6.54 Å². The molecule has 32 heavy (non-hydrogen) atoms. The number of sulfonamides is 1. The first-order chi connectivity index (χ1) is 15.1. The van der Waals surface area contributed by atoms with Gasteiger partial charge in [0.15, 0.2) is 0 Å². The highest BCUT2D eigenvalue weighted by molar-refractivity contribution is 7.92. The Bertz CT molecular complexity index is 1230. The fourth-order valence-corrected chi connectivity index (χ4v) is 4.54. The Morgan fingerprint density at radius 2 is 1.50 bits per heavy atom. The van der Waals surface area contributed by atoms with Gasteiger partial charge in [-0.3, -0.25) is 13.9 Å². The van der Waals surface area contributed by atoms with Crippen LogP contribution >= 0.6 is 11.6 Å². The highest BCUT2D eigenvalue weighted by Gasteiger charge is 2.27. The monoisotopic (exact) mass is 471 g/mol. The van der Waals surface area contributed by atoms with Gasteiger partial charge in [0.25, 0.3) is 10.0 Å². The van der Waals surface area contributed by atoms with Crippen LogP contribution in [0.1, 0.15) is 12.5 Å². The minimum Gasteiger partial charge on any atom is -0.326 e. The molecule has 166 valence electrons. The van der Waals surface area contributed by atoms with Crippen molar-refractivity contribution < 1.29 is 18.0 Å². The molecule has 3 aromatic carbocycles. The maximum Gasteiger partial charge on any atom is 0.264 e. The number of amides is 2. The van der Waals surface area contributed by atoms with E-state index < -0.39 is 22.5 Å². The second-order valence-electron chi connectivity index (χ2n) is 7.11. The van der Waals surface area contributed by atoms with Crippen LogP contribution in [0.4, 0.5) is 17.1 Å². The molecule has 0 saturated carbocycles. The van der Waals surface area contributed by atoms with Crippen molar-refractivity contribution in [3.63, 3.8) is 0 Å². The molecule has 3 aromatic rings. The summed E-state index contributed by atoms with van der Waals surface area (Å²) in [6.45, 7) is 2.81. The average Bonchev–Trinajstić information content (AvgIpc) is 2.73. The number of benzene rings is 3. The van der Waals surface area contributed by atoms with E-state index in [9.17, 15) is 18.0 Å². The van der Waals surface area contributed by atoms with E-state index in [1.54, 1.807) is 42.5 Å². The third-order valence-corrected chi connectivity index (χ3v) is 6.51. The van der Waals surface area contributed by atoms with E-state index in [1.807, 2.05) is 13.0 Å². The van der Waals surface area contributed by atoms with Crippen molar-refractivity contribution in [2.24, 2.45) is 0 Å². The molecule has 0 radical (unpaired) electrons. The van der Waals surface area contributed by atoms with Crippen LogP contribution in [-0.4, -0.2) is 26.8 Å². The summed E-state index contributed by atoms with van der Waals surface area (Å²) in [5.41, 5.74) is 2.28. The zero-order valence-corrected chi connectivity index (χ0v) is 19.1. The Morgan fingerprint density at radius 3 is 2.06 bits per heavy atom. The highest BCUT2D eigenvalue weighted by atomic mass is 35.5. The zero-order valence-electron chi connectivity index (χ0n) is 17.5. The van der Waals surface area contributed by atoms with Gasteiger partial charge in [0.05, 0.1) is 10.6 Å². The van der Waals surface area contributed by atoms with E-state index in [1.165, 1.54) is 31.2 Å². The molecule has 0 fully saturated rings. The number of nitrogens with zero attached hydrogens (tertiary/aromatic N) is 1. The molecule has 0 aliphatic rings. The lowest BCUT2D eigenvalue weighted by molar-refractivity contribution is -0.115. The molecule has 0 aromatic heterocycles. The van der Waals surface area contributed by atoms with Gasteiger partial charge in [0.2, 0.25) is 11.8 Å². The number of carbonyl (C=O) groups is 2. The second-order valence-corrected chi connectivity index (χ2v) is 9.41. The van der Waals surface area contributed by atoms with E-state index in [0.29, 0.717) is 22.1 Å². The Balaban J connectivity index is 1.86. The molecule has 0 atom stereocenters. The summed E-state index contributed by atoms with van der Waals surface area (Å²) in [5, 5.41) is 5.74. The van der Waals surface area contributed by atoms with Gasteiger partial charge in [-0.2, -0.15) is 0 Å². The number of rotatable bonds is 7. The van der Waals surface area contributed by atoms with Crippen LogP contribution in [0.5, 0.6) is 0 Å². The molecule has 0 bridgehead atoms. The number of aryl methyl sites for hydroxylation is 1. The van der Waals surface area contributed by atoms with Crippen molar-refractivity contribution in [3.8, 4) is 0 Å². The Kier molecular flexibility index (Phi) is 7.17. The predicted octanol–water partition coefficient (Wildman–Crippen LogP) is 4.44. The van der Waals surface area contributed by atoms with E-state index in [4.69, 9.17) is 11.6 Å². The first-order valence-corrected chi connectivity index (χ1v) is 11.5. The number of carbonyl (C=O) groups excluding carboxylic acids is 2. The molecule has 0 unspecified atom stereocenters. The number of hydrogen-bond donors (Lipinski definition) is 2. The largest absolute Gasteiger partial charge is 0.326 e. The first-order valence-electron chi connectivity index (χ1n) is 9.67. The van der Waals surface area contributed by atoms with Crippen molar-refractivity contribution in [1.82, 2.24) is 0 Å². The zero-order chi connectivity index (χ0) is 23.3. The minimum absolute atomic E-state index is 0.0240. The number of halogens is 1. The molecule has 0 spiro atoms. The third-order valence-electron chi connectivity index (χ3n) is 4.47. The number of hydrogen-bond acceptors (Lipinski definition) is 4. The SMILES string of the molecule is CC(=O)Nc1ccc(NC(=O)CN(c2cccc(C)c2)S(=O)(=O)c2ccc(Cl)cc2)cc1. The van der Waals surface area contributed by atoms with Gasteiger partial charge in [0, 0.05) is 23.3 Å². The van der Waals surface area contributed by atoms with Gasteiger partial charge in [-0.1, -0.05) is 23.7 Å². The summed E-state index contributed by atoms with van der Waals surface area (Å²) >= 11 is 5.90. The molecule has 3 rings (SSSR count). The quantitative estimate of drug-likeness (QED) is 0.532. The van der Waals surface area contributed by atoms with E-state index >= 15 is 0 Å². The molecule has 2 amide bonds. The van der Waals surface area contributed by atoms with E-state index in [2.05, 4.69) is 10.6 Å². The molecular weight excluding hydrogens is 450 g/mol. The minimum atomic E-state index is -4.03. The summed E-state index contributed by atoms with van der Waals surface area (Å²) in [7, 11) is -4.03. The topological polar surface area (TPSA) is 95.6 Å². The lowest BCUT2D eigenvalue weighted by Crippen LogP contribution is -2.38. The Labute approximate surface area is 192 Å². The van der Waals surface area contributed by atoms with Gasteiger partial charge in [-0.15, -0.1) is 0 Å². The molecule has 2 N–H and O–H groups in total. The fourth-order valence-electron chi connectivity index (χ4n) is 3.00. The number of anilines is 3. The van der Waals surface area contributed by atoms with Crippen molar-refractivity contribution >= 4 is 50.5 Å². The predicted molar refractivity (Wildman–Crippen MR) is 127 cm³/mol. The van der Waals surface area contributed by atoms with Crippen molar-refractivity contribution in [2.75, 3.05) is 21.5 Å². The van der Waals surface area contributed by atoms with Gasteiger partial charge in [-0.05, 0) is 73.2 Å². The van der Waals surface area contributed by atoms with Crippen LogP contribution in [0, 0.1) is 6.92 Å². The summed E-state index contributed by atoms with van der Waals surface area (Å²) in [5.74, 6) is -0.723. The summed E-state index contributed by atoms with van der Waals surface area (Å²) < 4.78 is 27.8. The Morgan fingerprint density at radius 1 is 0.906 bits per heavy atom. The highest BCUT2D eigenvalue weighted by Crippen LogP contribution is 2.25. The van der Waals surface area contributed by atoms with Crippen molar-refractivity contribution in [2.45, 2.75) is 18.7 Å². The van der Waals surface area contributed by atoms with E-state index in [-0.39, 0.29) is 10.8 Å². The molecule has 9 heteroatoms. The molecule has 0 heterocycles. The van der Waals surface area contributed by atoms with Crippen molar-refractivity contribution in [1.29, 1.82) is 0 Å². The van der Waals surface area contributed by atoms with Crippen LogP contribution in [0.15, 0.2) is 77.7 Å². The van der Waals surface area contributed by atoms with Gasteiger partial charge in [-0.25, -0.2) is 8.42 Å². The molecule has 0 aliphatic heterocycles. The van der Waals surface area contributed by atoms with Crippen LogP contribution in [0.3, 0.4) is 0 Å². The van der Waals surface area contributed by atoms with Crippen LogP contribution in [0.25, 0.3) is 0 Å². The maximum absolute atomic E-state index is 13.4. The lowest BCUT2D eigenvalue weighted by Gasteiger charge is -2.24. The molecule has 7 nitrogen and oxygen atoms in total. The van der Waals surface area contributed by atoms with Gasteiger partial charge < -0.3 is 10.6 Å². The van der Waals surface area contributed by atoms with Crippen molar-refractivity contribution in [3.05, 3.63) is 83.4 Å². The van der Waals surface area contributed by atoms with Crippen LogP contribution in [0.2, 0.25) is 5.02 Å². The third kappa shape index (κ3) is 5.87. The molecule has 0 aliphatic carbocycles. The first kappa shape index (κ1) is 23.3. The van der Waals surface area contributed by atoms with Gasteiger partial charge >= 0.3 is 0 Å². The lowest BCUT2D eigenvalue weighted by atomic mass is 10.2. The normalized spacial score (nSPS) is 11.0. The number of nitrogens with one attached hydrogen (secondary N) is 2. The second kappa shape index (κ2) is 9.84. The summed E-state index contributed by atoms with van der Waals surface area (Å²) in [6.07, 6.45) is 0. The fraction of sp³-hybridized carbons (Fsp3) is 0.130. The maximum atomic E-state index is 13.4. The standard InChI is InChI=1S/C23H22ClN3O4S/c1-16-4-3-5-21(14-16)27(32(30,31)22-12-6-18(24)7-13-22)15-23(29)26-20-10-8-19(9-11-20)25-17(2)28/h3-14H,15H2,1-2H3,(H,25,28)(H,26,29).